The van der Waals surface area contributed by atoms with E-state index in [1.165, 1.54) is 6.33 Å². The molecule has 20 heavy (non-hydrogen) atoms. The first-order valence-electron chi connectivity index (χ1n) is 6.54. The normalized spacial score (nSPS) is 12.4. The fourth-order valence-corrected chi connectivity index (χ4v) is 2.27. The van der Waals surface area contributed by atoms with Crippen LogP contribution >= 0.6 is 11.6 Å². The van der Waals surface area contributed by atoms with E-state index in [4.69, 9.17) is 16.3 Å². The molecule has 0 saturated carbocycles. The molecule has 1 atom stereocenters. The highest BCUT2D eigenvalue weighted by atomic mass is 35.5. The van der Waals surface area contributed by atoms with Gasteiger partial charge in [0, 0.05) is 23.6 Å². The second-order valence-electron chi connectivity index (χ2n) is 4.51. The fraction of sp³-hybridized carbons (Fsp3) is 0.429. The molecule has 0 aliphatic heterocycles. The van der Waals surface area contributed by atoms with E-state index < -0.39 is 6.10 Å². The summed E-state index contributed by atoms with van der Waals surface area (Å²) in [5, 5.41) is 15.1. The first kappa shape index (κ1) is 14.8. The number of nitrogens with zero attached hydrogens (tertiary/aromatic N) is 3. The molecule has 0 radical (unpaired) electrons. The fourth-order valence-electron chi connectivity index (χ4n) is 2.09. The van der Waals surface area contributed by atoms with Gasteiger partial charge < -0.3 is 9.84 Å². The van der Waals surface area contributed by atoms with Gasteiger partial charge in [-0.2, -0.15) is 5.10 Å². The summed E-state index contributed by atoms with van der Waals surface area (Å²) in [5.41, 5.74) is 0.658. The number of aliphatic hydroxyl groups is 1. The molecule has 1 aromatic carbocycles. The topological polar surface area (TPSA) is 60.2 Å². The second kappa shape index (κ2) is 6.72. The van der Waals surface area contributed by atoms with Crippen molar-refractivity contribution < 1.29 is 9.84 Å². The molecule has 0 saturated heterocycles. The Morgan fingerprint density at radius 1 is 1.45 bits per heavy atom. The summed E-state index contributed by atoms with van der Waals surface area (Å²) in [5.74, 6) is 1.37. The Labute approximate surface area is 123 Å². The van der Waals surface area contributed by atoms with Gasteiger partial charge in [0.2, 0.25) is 0 Å². The maximum absolute atomic E-state index is 10.4. The standard InChI is InChI=1S/C14H18ClN3O2/c1-3-6-18-14(16-9-17-18)8-12(19)11-7-10(15)4-5-13(11)20-2/h4-5,7,9,12,19H,3,6,8H2,1-2H3. The van der Waals surface area contributed by atoms with Crippen molar-refractivity contribution >= 4 is 11.6 Å². The molecular formula is C14H18ClN3O2. The summed E-state index contributed by atoms with van der Waals surface area (Å²) >= 11 is 5.98. The molecule has 0 fully saturated rings. The van der Waals surface area contributed by atoms with Crippen molar-refractivity contribution in [1.29, 1.82) is 0 Å². The quantitative estimate of drug-likeness (QED) is 0.890. The minimum atomic E-state index is -0.733. The number of methoxy groups -OCH3 is 1. The molecule has 0 aliphatic carbocycles. The molecule has 1 heterocycles. The Hall–Kier alpha value is -1.59. The van der Waals surface area contributed by atoms with Crippen LogP contribution in [0.4, 0.5) is 0 Å². The zero-order chi connectivity index (χ0) is 14.5. The van der Waals surface area contributed by atoms with Crippen LogP contribution in [0.15, 0.2) is 24.5 Å². The van der Waals surface area contributed by atoms with Crippen LogP contribution in [0, 0.1) is 0 Å². The summed E-state index contributed by atoms with van der Waals surface area (Å²) in [6.45, 7) is 2.86. The molecule has 1 unspecified atom stereocenters. The Bertz CT molecular complexity index is 571. The number of ether oxygens (including phenoxy) is 1. The van der Waals surface area contributed by atoms with Gasteiger partial charge in [-0.05, 0) is 24.6 Å². The lowest BCUT2D eigenvalue weighted by molar-refractivity contribution is 0.169. The van der Waals surface area contributed by atoms with E-state index >= 15 is 0 Å². The van der Waals surface area contributed by atoms with Crippen LogP contribution in [0.2, 0.25) is 5.02 Å². The maximum Gasteiger partial charge on any atom is 0.138 e. The molecule has 1 aromatic heterocycles. The van der Waals surface area contributed by atoms with Gasteiger partial charge in [0.1, 0.15) is 17.9 Å². The average molecular weight is 296 g/mol. The van der Waals surface area contributed by atoms with E-state index in [1.54, 1.807) is 30.0 Å². The Morgan fingerprint density at radius 3 is 2.95 bits per heavy atom. The molecule has 108 valence electrons. The summed E-state index contributed by atoms with van der Waals surface area (Å²) in [6, 6.07) is 5.19. The largest absolute Gasteiger partial charge is 0.496 e. The number of hydrogen-bond acceptors (Lipinski definition) is 4. The van der Waals surface area contributed by atoms with Gasteiger partial charge in [0.05, 0.1) is 13.2 Å². The lowest BCUT2D eigenvalue weighted by atomic mass is 10.1. The highest BCUT2D eigenvalue weighted by Crippen LogP contribution is 2.29. The van der Waals surface area contributed by atoms with Gasteiger partial charge in [-0.1, -0.05) is 18.5 Å². The predicted octanol–water partition coefficient (Wildman–Crippen LogP) is 2.63. The van der Waals surface area contributed by atoms with Crippen molar-refractivity contribution in [1.82, 2.24) is 14.8 Å². The Kier molecular flexibility index (Phi) is 4.98. The Balaban J connectivity index is 2.21. The van der Waals surface area contributed by atoms with E-state index in [0.717, 1.165) is 18.8 Å². The monoisotopic (exact) mass is 295 g/mol. The number of rotatable bonds is 6. The molecule has 6 heteroatoms. The number of halogens is 1. The van der Waals surface area contributed by atoms with E-state index in [2.05, 4.69) is 17.0 Å². The lowest BCUT2D eigenvalue weighted by Gasteiger charge is -2.15. The zero-order valence-corrected chi connectivity index (χ0v) is 12.3. The van der Waals surface area contributed by atoms with Crippen LogP contribution in [0.5, 0.6) is 5.75 Å². The zero-order valence-electron chi connectivity index (χ0n) is 11.6. The minimum absolute atomic E-state index is 0.372. The first-order valence-corrected chi connectivity index (χ1v) is 6.91. The van der Waals surface area contributed by atoms with Crippen molar-refractivity contribution in [3.05, 3.63) is 40.9 Å². The SMILES string of the molecule is CCCn1ncnc1CC(O)c1cc(Cl)ccc1OC. The number of benzene rings is 1. The third kappa shape index (κ3) is 3.29. The molecule has 2 rings (SSSR count). The van der Waals surface area contributed by atoms with Crippen molar-refractivity contribution in [3.8, 4) is 5.75 Å². The van der Waals surface area contributed by atoms with Crippen LogP contribution in [-0.4, -0.2) is 27.0 Å². The van der Waals surface area contributed by atoms with Gasteiger partial charge in [-0.3, -0.25) is 4.68 Å². The van der Waals surface area contributed by atoms with Crippen molar-refractivity contribution in [2.24, 2.45) is 0 Å². The smallest absolute Gasteiger partial charge is 0.138 e. The van der Waals surface area contributed by atoms with E-state index in [-0.39, 0.29) is 0 Å². The average Bonchev–Trinajstić information content (AvgIpc) is 2.86. The predicted molar refractivity (Wildman–Crippen MR) is 77.0 cm³/mol. The molecule has 0 amide bonds. The lowest BCUT2D eigenvalue weighted by Crippen LogP contribution is -2.11. The third-order valence-electron chi connectivity index (χ3n) is 3.06. The summed E-state index contributed by atoms with van der Waals surface area (Å²) in [6.07, 6.45) is 2.11. The number of hydrogen-bond donors (Lipinski definition) is 1. The molecule has 2 aromatic rings. The summed E-state index contributed by atoms with van der Waals surface area (Å²) in [4.78, 5) is 4.20. The number of aromatic nitrogens is 3. The van der Waals surface area contributed by atoms with Gasteiger partial charge in [0.25, 0.3) is 0 Å². The molecule has 1 N–H and O–H groups in total. The number of aryl methyl sites for hydroxylation is 1. The highest BCUT2D eigenvalue weighted by Gasteiger charge is 2.17. The number of aliphatic hydroxyl groups excluding tert-OH is 1. The minimum Gasteiger partial charge on any atom is -0.496 e. The van der Waals surface area contributed by atoms with E-state index in [0.29, 0.717) is 22.8 Å². The molecule has 0 spiro atoms. The van der Waals surface area contributed by atoms with Crippen molar-refractivity contribution in [2.45, 2.75) is 32.4 Å². The Morgan fingerprint density at radius 2 is 2.25 bits per heavy atom. The summed E-state index contributed by atoms with van der Waals surface area (Å²) < 4.78 is 7.06. The van der Waals surface area contributed by atoms with Crippen LogP contribution in [0.25, 0.3) is 0 Å². The first-order chi connectivity index (χ1) is 9.65. The molecular weight excluding hydrogens is 278 g/mol. The third-order valence-corrected chi connectivity index (χ3v) is 3.29. The van der Waals surface area contributed by atoms with Crippen molar-refractivity contribution in [2.75, 3.05) is 7.11 Å². The maximum atomic E-state index is 10.4. The second-order valence-corrected chi connectivity index (χ2v) is 4.94. The van der Waals surface area contributed by atoms with Crippen LogP contribution < -0.4 is 4.74 Å². The molecule has 5 nitrogen and oxygen atoms in total. The van der Waals surface area contributed by atoms with Crippen molar-refractivity contribution in [3.63, 3.8) is 0 Å². The molecule has 0 aliphatic rings. The van der Waals surface area contributed by atoms with Gasteiger partial charge in [0.15, 0.2) is 0 Å². The van der Waals surface area contributed by atoms with Crippen LogP contribution in [0.1, 0.15) is 30.8 Å². The van der Waals surface area contributed by atoms with E-state index in [9.17, 15) is 5.11 Å². The van der Waals surface area contributed by atoms with Gasteiger partial charge in [-0.25, -0.2) is 4.98 Å². The van der Waals surface area contributed by atoms with Gasteiger partial charge in [-0.15, -0.1) is 0 Å². The van der Waals surface area contributed by atoms with Gasteiger partial charge >= 0.3 is 0 Å². The van der Waals surface area contributed by atoms with Crippen LogP contribution in [-0.2, 0) is 13.0 Å². The van der Waals surface area contributed by atoms with E-state index in [1.807, 2.05) is 0 Å². The highest BCUT2D eigenvalue weighted by molar-refractivity contribution is 6.30. The van der Waals surface area contributed by atoms with Crippen LogP contribution in [0.3, 0.4) is 0 Å². The molecule has 0 bridgehead atoms. The summed E-state index contributed by atoms with van der Waals surface area (Å²) in [7, 11) is 1.57.